The standard InChI is InChI=1S/C13H24N4O/c1-6-14-13-15-10(4)7-12(17-13)16-11(8-18-5)9(2)3/h7,9,11H,6,8H2,1-5H3,(H2,14,15,16,17). The SMILES string of the molecule is CCNc1nc(C)cc(NC(COC)C(C)C)n1. The molecule has 0 fully saturated rings. The molecule has 0 aliphatic carbocycles. The average Bonchev–Trinajstić information content (AvgIpc) is 2.28. The second-order valence-electron chi connectivity index (χ2n) is 4.70. The molecule has 1 heterocycles. The van der Waals surface area contributed by atoms with E-state index in [-0.39, 0.29) is 6.04 Å². The molecule has 0 bridgehead atoms. The Balaban J connectivity index is 2.81. The van der Waals surface area contributed by atoms with Crippen molar-refractivity contribution in [2.45, 2.75) is 33.7 Å². The number of hydrogen-bond acceptors (Lipinski definition) is 5. The van der Waals surface area contributed by atoms with Crippen LogP contribution in [0.1, 0.15) is 26.5 Å². The van der Waals surface area contributed by atoms with Crippen LogP contribution in [0.25, 0.3) is 0 Å². The molecule has 0 amide bonds. The second-order valence-corrected chi connectivity index (χ2v) is 4.70. The molecule has 0 saturated heterocycles. The minimum atomic E-state index is 0.249. The van der Waals surface area contributed by atoms with Crippen molar-refractivity contribution in [2.24, 2.45) is 5.92 Å². The zero-order valence-electron chi connectivity index (χ0n) is 11.9. The van der Waals surface area contributed by atoms with Crippen molar-refractivity contribution in [3.05, 3.63) is 11.8 Å². The molecule has 18 heavy (non-hydrogen) atoms. The summed E-state index contributed by atoms with van der Waals surface area (Å²) in [6.07, 6.45) is 0. The van der Waals surface area contributed by atoms with E-state index in [9.17, 15) is 0 Å². The third-order valence-corrected chi connectivity index (χ3v) is 2.67. The smallest absolute Gasteiger partial charge is 0.224 e. The van der Waals surface area contributed by atoms with Gasteiger partial charge in [0.25, 0.3) is 0 Å². The predicted molar refractivity (Wildman–Crippen MR) is 75.1 cm³/mol. The Morgan fingerprint density at radius 1 is 1.33 bits per heavy atom. The van der Waals surface area contributed by atoms with Gasteiger partial charge in [-0.3, -0.25) is 0 Å². The molecule has 0 aliphatic rings. The van der Waals surface area contributed by atoms with E-state index in [4.69, 9.17) is 4.74 Å². The third kappa shape index (κ3) is 4.49. The summed E-state index contributed by atoms with van der Waals surface area (Å²) in [6.45, 7) is 9.80. The maximum absolute atomic E-state index is 5.22. The monoisotopic (exact) mass is 252 g/mol. The van der Waals surface area contributed by atoms with Crippen molar-refractivity contribution in [1.82, 2.24) is 9.97 Å². The Labute approximate surface area is 109 Å². The van der Waals surface area contributed by atoms with Crippen molar-refractivity contribution in [2.75, 3.05) is 30.9 Å². The molecule has 102 valence electrons. The maximum Gasteiger partial charge on any atom is 0.224 e. The number of nitrogens with zero attached hydrogens (tertiary/aromatic N) is 2. The predicted octanol–water partition coefficient (Wildman–Crippen LogP) is 2.30. The molecule has 5 heteroatoms. The summed E-state index contributed by atoms with van der Waals surface area (Å²) in [4.78, 5) is 8.77. The molecule has 1 atom stereocenters. The molecule has 2 N–H and O–H groups in total. The molecule has 1 unspecified atom stereocenters. The highest BCUT2D eigenvalue weighted by atomic mass is 16.5. The van der Waals surface area contributed by atoms with E-state index in [1.54, 1.807) is 7.11 Å². The molecule has 1 aromatic heterocycles. The number of ether oxygens (including phenoxy) is 1. The summed E-state index contributed by atoms with van der Waals surface area (Å²) in [6, 6.07) is 2.20. The van der Waals surface area contributed by atoms with Crippen molar-refractivity contribution in [1.29, 1.82) is 0 Å². The molecule has 0 aliphatic heterocycles. The summed E-state index contributed by atoms with van der Waals surface area (Å²) in [5.74, 6) is 1.98. The van der Waals surface area contributed by atoms with Crippen molar-refractivity contribution in [3.8, 4) is 0 Å². The van der Waals surface area contributed by atoms with Gasteiger partial charge in [-0.15, -0.1) is 0 Å². The zero-order valence-corrected chi connectivity index (χ0v) is 11.9. The Kier molecular flexibility index (Phi) is 5.85. The molecular weight excluding hydrogens is 228 g/mol. The quantitative estimate of drug-likeness (QED) is 0.779. The minimum Gasteiger partial charge on any atom is -0.383 e. The van der Waals surface area contributed by atoms with E-state index in [1.807, 2.05) is 19.9 Å². The van der Waals surface area contributed by atoms with Crippen LogP contribution < -0.4 is 10.6 Å². The largest absolute Gasteiger partial charge is 0.383 e. The summed E-state index contributed by atoms with van der Waals surface area (Å²) < 4.78 is 5.22. The van der Waals surface area contributed by atoms with Crippen LogP contribution in [0, 0.1) is 12.8 Å². The zero-order chi connectivity index (χ0) is 13.5. The first kappa shape index (κ1) is 14.7. The number of hydrogen-bond donors (Lipinski definition) is 2. The number of rotatable bonds is 7. The molecule has 0 radical (unpaired) electrons. The number of aryl methyl sites for hydroxylation is 1. The average molecular weight is 252 g/mol. The third-order valence-electron chi connectivity index (χ3n) is 2.67. The van der Waals surface area contributed by atoms with Crippen molar-refractivity contribution >= 4 is 11.8 Å². The van der Waals surface area contributed by atoms with Gasteiger partial charge in [0, 0.05) is 25.4 Å². The van der Waals surface area contributed by atoms with Gasteiger partial charge in [0.05, 0.1) is 12.6 Å². The van der Waals surface area contributed by atoms with Crippen LogP contribution in [0.3, 0.4) is 0 Å². The van der Waals surface area contributed by atoms with Gasteiger partial charge in [0.15, 0.2) is 0 Å². The van der Waals surface area contributed by atoms with E-state index < -0.39 is 0 Å². The molecule has 1 rings (SSSR count). The highest BCUT2D eigenvalue weighted by Gasteiger charge is 2.14. The summed E-state index contributed by atoms with van der Waals surface area (Å²) >= 11 is 0. The molecule has 5 nitrogen and oxygen atoms in total. The fourth-order valence-electron chi connectivity index (χ4n) is 1.65. The van der Waals surface area contributed by atoms with Gasteiger partial charge in [-0.05, 0) is 19.8 Å². The van der Waals surface area contributed by atoms with Gasteiger partial charge in [-0.2, -0.15) is 4.98 Å². The summed E-state index contributed by atoms with van der Waals surface area (Å²) in [5.41, 5.74) is 0.948. The molecule has 0 spiro atoms. The summed E-state index contributed by atoms with van der Waals surface area (Å²) in [7, 11) is 1.71. The first-order valence-corrected chi connectivity index (χ1v) is 6.41. The van der Waals surface area contributed by atoms with E-state index >= 15 is 0 Å². The van der Waals surface area contributed by atoms with Gasteiger partial charge in [0.2, 0.25) is 5.95 Å². The van der Waals surface area contributed by atoms with E-state index in [0.717, 1.165) is 18.1 Å². The molecule has 0 aromatic carbocycles. The van der Waals surface area contributed by atoms with Gasteiger partial charge in [0.1, 0.15) is 5.82 Å². The number of anilines is 2. The van der Waals surface area contributed by atoms with Crippen LogP contribution in [0.2, 0.25) is 0 Å². The van der Waals surface area contributed by atoms with E-state index in [2.05, 4.69) is 34.4 Å². The number of nitrogens with one attached hydrogen (secondary N) is 2. The van der Waals surface area contributed by atoms with Gasteiger partial charge >= 0.3 is 0 Å². The van der Waals surface area contributed by atoms with Crippen LogP contribution in [0.5, 0.6) is 0 Å². The maximum atomic E-state index is 5.22. The Bertz CT molecular complexity index is 368. The summed E-state index contributed by atoms with van der Waals surface area (Å²) in [5, 5.41) is 6.53. The Hall–Kier alpha value is -1.36. The lowest BCUT2D eigenvalue weighted by molar-refractivity contribution is 0.171. The minimum absolute atomic E-state index is 0.249. The van der Waals surface area contributed by atoms with Crippen LogP contribution in [-0.2, 0) is 4.74 Å². The van der Waals surface area contributed by atoms with E-state index in [1.165, 1.54) is 0 Å². The van der Waals surface area contributed by atoms with Crippen LogP contribution in [-0.4, -0.2) is 36.3 Å². The van der Waals surface area contributed by atoms with Gasteiger partial charge in [-0.25, -0.2) is 4.98 Å². The Morgan fingerprint density at radius 3 is 2.61 bits per heavy atom. The van der Waals surface area contributed by atoms with Crippen LogP contribution in [0.15, 0.2) is 6.07 Å². The van der Waals surface area contributed by atoms with Gasteiger partial charge < -0.3 is 15.4 Å². The molecular formula is C13H24N4O. The first-order valence-electron chi connectivity index (χ1n) is 6.41. The second kappa shape index (κ2) is 7.16. The van der Waals surface area contributed by atoms with E-state index in [0.29, 0.717) is 18.5 Å². The fraction of sp³-hybridized carbons (Fsp3) is 0.692. The first-order chi connectivity index (χ1) is 8.56. The highest BCUT2D eigenvalue weighted by Crippen LogP contribution is 2.14. The normalized spacial score (nSPS) is 12.6. The number of methoxy groups -OCH3 is 1. The lowest BCUT2D eigenvalue weighted by Crippen LogP contribution is -2.31. The molecule has 0 saturated carbocycles. The lowest BCUT2D eigenvalue weighted by Gasteiger charge is -2.22. The molecule has 1 aromatic rings. The van der Waals surface area contributed by atoms with Gasteiger partial charge in [-0.1, -0.05) is 13.8 Å². The van der Waals surface area contributed by atoms with Crippen LogP contribution >= 0.6 is 0 Å². The highest BCUT2D eigenvalue weighted by molar-refractivity contribution is 5.43. The lowest BCUT2D eigenvalue weighted by atomic mass is 10.1. The van der Waals surface area contributed by atoms with Crippen LogP contribution in [0.4, 0.5) is 11.8 Å². The topological polar surface area (TPSA) is 59.1 Å². The number of aromatic nitrogens is 2. The fourth-order valence-corrected chi connectivity index (χ4v) is 1.65. The van der Waals surface area contributed by atoms with Crippen molar-refractivity contribution in [3.63, 3.8) is 0 Å². The Morgan fingerprint density at radius 2 is 2.06 bits per heavy atom. The van der Waals surface area contributed by atoms with Crippen molar-refractivity contribution < 1.29 is 4.74 Å².